The van der Waals surface area contributed by atoms with E-state index in [4.69, 9.17) is 5.73 Å². The molecule has 2 heteroatoms. The van der Waals surface area contributed by atoms with Crippen LogP contribution in [-0.2, 0) is 13.0 Å². The van der Waals surface area contributed by atoms with Crippen LogP contribution in [0.1, 0.15) is 31.2 Å². The van der Waals surface area contributed by atoms with Crippen molar-refractivity contribution in [2.24, 2.45) is 5.73 Å². The third kappa shape index (κ3) is 3.48. The average molecular weight is 256 g/mol. The standard InChI is InChI=1S/C17H24N2/c1-2-3-4-5-8-13-19-14-15(11-12-18)16-9-6-7-10-17(16)19/h2,6-7,9-10,14H,1,3-5,8,11-13,18H2. The van der Waals surface area contributed by atoms with Crippen molar-refractivity contribution in [2.45, 2.75) is 38.6 Å². The van der Waals surface area contributed by atoms with Gasteiger partial charge in [0.15, 0.2) is 0 Å². The molecule has 0 amide bonds. The molecule has 0 fully saturated rings. The number of nitrogens with zero attached hydrogens (tertiary/aromatic N) is 1. The Morgan fingerprint density at radius 3 is 2.79 bits per heavy atom. The van der Waals surface area contributed by atoms with E-state index in [1.54, 1.807) is 0 Å². The van der Waals surface area contributed by atoms with E-state index < -0.39 is 0 Å². The fourth-order valence-electron chi connectivity index (χ4n) is 2.61. The molecule has 1 aromatic carbocycles. The lowest BCUT2D eigenvalue weighted by molar-refractivity contribution is 0.602. The van der Waals surface area contributed by atoms with Crippen LogP contribution in [-0.4, -0.2) is 11.1 Å². The number of aryl methyl sites for hydroxylation is 1. The summed E-state index contributed by atoms with van der Waals surface area (Å²) in [6.07, 6.45) is 10.1. The summed E-state index contributed by atoms with van der Waals surface area (Å²) in [7, 11) is 0. The summed E-state index contributed by atoms with van der Waals surface area (Å²) >= 11 is 0. The van der Waals surface area contributed by atoms with Gasteiger partial charge < -0.3 is 10.3 Å². The van der Waals surface area contributed by atoms with Crippen LogP contribution in [0.2, 0.25) is 0 Å². The van der Waals surface area contributed by atoms with Gasteiger partial charge >= 0.3 is 0 Å². The molecule has 2 nitrogen and oxygen atoms in total. The van der Waals surface area contributed by atoms with E-state index in [1.807, 2.05) is 6.08 Å². The van der Waals surface area contributed by atoms with Gasteiger partial charge in [0.2, 0.25) is 0 Å². The van der Waals surface area contributed by atoms with Crippen LogP contribution in [0.4, 0.5) is 0 Å². The zero-order valence-electron chi connectivity index (χ0n) is 11.6. The molecule has 0 aliphatic heterocycles. The second kappa shape index (κ2) is 7.15. The average Bonchev–Trinajstić information content (AvgIpc) is 2.78. The maximum Gasteiger partial charge on any atom is 0.0483 e. The summed E-state index contributed by atoms with van der Waals surface area (Å²) in [5.41, 5.74) is 8.42. The Labute approximate surface area is 115 Å². The summed E-state index contributed by atoms with van der Waals surface area (Å²) in [5.74, 6) is 0. The minimum absolute atomic E-state index is 0.716. The molecule has 102 valence electrons. The highest BCUT2D eigenvalue weighted by atomic mass is 15.0. The first-order chi connectivity index (χ1) is 9.36. The fraction of sp³-hybridized carbons (Fsp3) is 0.412. The van der Waals surface area contributed by atoms with Gasteiger partial charge in [0.25, 0.3) is 0 Å². The molecule has 0 spiro atoms. The van der Waals surface area contributed by atoms with Gasteiger partial charge in [-0.25, -0.2) is 0 Å². The number of aromatic nitrogens is 1. The van der Waals surface area contributed by atoms with Gasteiger partial charge in [0.05, 0.1) is 0 Å². The van der Waals surface area contributed by atoms with Gasteiger partial charge in [0.1, 0.15) is 0 Å². The Kier molecular flexibility index (Phi) is 5.22. The second-order valence-electron chi connectivity index (χ2n) is 5.04. The molecule has 1 heterocycles. The Hall–Kier alpha value is -1.54. The first-order valence-electron chi connectivity index (χ1n) is 7.24. The van der Waals surface area contributed by atoms with E-state index >= 15 is 0 Å². The van der Waals surface area contributed by atoms with E-state index in [2.05, 4.69) is 41.6 Å². The van der Waals surface area contributed by atoms with Crippen LogP contribution < -0.4 is 5.73 Å². The molecule has 0 saturated heterocycles. The van der Waals surface area contributed by atoms with Crippen LogP contribution in [0.5, 0.6) is 0 Å². The van der Waals surface area contributed by atoms with Crippen molar-refractivity contribution in [3.63, 3.8) is 0 Å². The zero-order chi connectivity index (χ0) is 13.5. The molecule has 2 aromatic rings. The summed E-state index contributed by atoms with van der Waals surface area (Å²) in [5, 5.41) is 1.36. The number of hydrogen-bond donors (Lipinski definition) is 1. The van der Waals surface area contributed by atoms with E-state index in [1.165, 1.54) is 35.7 Å². The van der Waals surface area contributed by atoms with Gasteiger partial charge in [-0.05, 0) is 43.9 Å². The van der Waals surface area contributed by atoms with Crippen molar-refractivity contribution >= 4 is 10.9 Å². The SMILES string of the molecule is C=CCCCCCn1cc(CCN)c2ccccc21. The Morgan fingerprint density at radius 1 is 1.16 bits per heavy atom. The van der Waals surface area contributed by atoms with Crippen molar-refractivity contribution in [1.82, 2.24) is 4.57 Å². The Morgan fingerprint density at radius 2 is 2.00 bits per heavy atom. The zero-order valence-corrected chi connectivity index (χ0v) is 11.6. The van der Waals surface area contributed by atoms with Crippen LogP contribution in [0.15, 0.2) is 43.1 Å². The quantitative estimate of drug-likeness (QED) is 0.564. The molecule has 2 rings (SSSR count). The molecule has 0 unspecified atom stereocenters. The number of rotatable bonds is 8. The first-order valence-corrected chi connectivity index (χ1v) is 7.24. The van der Waals surface area contributed by atoms with Crippen LogP contribution in [0, 0.1) is 0 Å². The monoisotopic (exact) mass is 256 g/mol. The van der Waals surface area contributed by atoms with Gasteiger partial charge in [-0.2, -0.15) is 0 Å². The molecule has 0 saturated carbocycles. The van der Waals surface area contributed by atoms with Crippen LogP contribution in [0.3, 0.4) is 0 Å². The predicted octanol–water partition coefficient (Wildman–Crippen LogP) is 3.89. The third-order valence-electron chi connectivity index (χ3n) is 3.59. The number of hydrogen-bond acceptors (Lipinski definition) is 1. The number of para-hydroxylation sites is 1. The van der Waals surface area contributed by atoms with Crippen LogP contribution in [0.25, 0.3) is 10.9 Å². The third-order valence-corrected chi connectivity index (χ3v) is 3.59. The molecule has 0 aliphatic carbocycles. The van der Waals surface area contributed by atoms with E-state index in [9.17, 15) is 0 Å². The van der Waals surface area contributed by atoms with E-state index in [-0.39, 0.29) is 0 Å². The molecule has 0 atom stereocenters. The van der Waals surface area contributed by atoms with Crippen molar-refractivity contribution in [2.75, 3.05) is 6.54 Å². The molecule has 0 bridgehead atoms. The number of fused-ring (bicyclic) bond motifs is 1. The summed E-state index contributed by atoms with van der Waals surface area (Å²) < 4.78 is 2.38. The topological polar surface area (TPSA) is 30.9 Å². The lowest BCUT2D eigenvalue weighted by Crippen LogP contribution is -2.02. The molecular weight excluding hydrogens is 232 g/mol. The van der Waals surface area contributed by atoms with Gasteiger partial charge in [-0.3, -0.25) is 0 Å². The van der Waals surface area contributed by atoms with E-state index in [0.29, 0.717) is 6.54 Å². The van der Waals surface area contributed by atoms with Crippen molar-refractivity contribution < 1.29 is 0 Å². The van der Waals surface area contributed by atoms with Crippen molar-refractivity contribution in [3.05, 3.63) is 48.7 Å². The smallest absolute Gasteiger partial charge is 0.0483 e. The molecule has 2 N–H and O–H groups in total. The summed E-state index contributed by atoms with van der Waals surface area (Å²) in [4.78, 5) is 0. The molecule has 0 radical (unpaired) electrons. The number of unbranched alkanes of at least 4 members (excludes halogenated alkanes) is 3. The lowest BCUT2D eigenvalue weighted by atomic mass is 10.1. The fourth-order valence-corrected chi connectivity index (χ4v) is 2.61. The first kappa shape index (κ1) is 13.9. The highest BCUT2D eigenvalue weighted by molar-refractivity contribution is 5.84. The van der Waals surface area contributed by atoms with Crippen LogP contribution >= 0.6 is 0 Å². The maximum absolute atomic E-state index is 5.70. The predicted molar refractivity (Wildman–Crippen MR) is 83.4 cm³/mol. The minimum atomic E-state index is 0.716. The van der Waals surface area contributed by atoms with Gasteiger partial charge in [-0.15, -0.1) is 6.58 Å². The second-order valence-corrected chi connectivity index (χ2v) is 5.04. The summed E-state index contributed by atoms with van der Waals surface area (Å²) in [6.45, 7) is 5.58. The number of allylic oxidation sites excluding steroid dienone is 1. The molecule has 0 aliphatic rings. The van der Waals surface area contributed by atoms with Gasteiger partial charge in [-0.1, -0.05) is 30.7 Å². The molecule has 19 heavy (non-hydrogen) atoms. The highest BCUT2D eigenvalue weighted by Crippen LogP contribution is 2.22. The summed E-state index contributed by atoms with van der Waals surface area (Å²) in [6, 6.07) is 8.63. The molecular formula is C17H24N2. The number of nitrogens with two attached hydrogens (primary N) is 1. The molecule has 1 aromatic heterocycles. The largest absolute Gasteiger partial charge is 0.347 e. The van der Waals surface area contributed by atoms with Gasteiger partial charge in [0, 0.05) is 23.6 Å². The highest BCUT2D eigenvalue weighted by Gasteiger charge is 2.06. The van der Waals surface area contributed by atoms with E-state index in [0.717, 1.165) is 19.4 Å². The Balaban J connectivity index is 2.07. The maximum atomic E-state index is 5.70. The lowest BCUT2D eigenvalue weighted by Gasteiger charge is -2.04. The normalized spacial score (nSPS) is 11.0. The minimum Gasteiger partial charge on any atom is -0.347 e. The Bertz CT molecular complexity index is 525. The van der Waals surface area contributed by atoms with Crippen molar-refractivity contribution in [3.8, 4) is 0 Å². The van der Waals surface area contributed by atoms with Crippen molar-refractivity contribution in [1.29, 1.82) is 0 Å². The number of benzene rings is 1.